The van der Waals surface area contributed by atoms with Crippen LogP contribution in [0.2, 0.25) is 0 Å². The summed E-state index contributed by atoms with van der Waals surface area (Å²) in [5.41, 5.74) is 4.52. The van der Waals surface area contributed by atoms with Gasteiger partial charge in [-0.05, 0) is 36.6 Å². The van der Waals surface area contributed by atoms with Crippen LogP contribution in [0.1, 0.15) is 16.7 Å². The van der Waals surface area contributed by atoms with Crippen LogP contribution in [0.15, 0.2) is 30.9 Å². The highest BCUT2D eigenvalue weighted by atomic mass is 15.1. The molecule has 0 radical (unpaired) electrons. The van der Waals surface area contributed by atoms with Crippen LogP contribution in [-0.4, -0.2) is 18.5 Å². The van der Waals surface area contributed by atoms with Gasteiger partial charge < -0.3 is 4.90 Å². The second-order valence-corrected chi connectivity index (χ2v) is 4.04. The highest BCUT2D eigenvalue weighted by Gasteiger charge is 2.14. The summed E-state index contributed by atoms with van der Waals surface area (Å²) in [5, 5.41) is 0. The SMILES string of the molecule is C=CCc1cccc2c1CCN(C)C2. The number of benzene rings is 1. The average molecular weight is 187 g/mol. The fourth-order valence-corrected chi connectivity index (χ4v) is 2.18. The highest BCUT2D eigenvalue weighted by molar-refractivity contribution is 5.37. The van der Waals surface area contributed by atoms with E-state index in [4.69, 9.17) is 0 Å². The molecule has 14 heavy (non-hydrogen) atoms. The molecule has 0 N–H and O–H groups in total. The summed E-state index contributed by atoms with van der Waals surface area (Å²) in [7, 11) is 2.18. The van der Waals surface area contributed by atoms with Crippen molar-refractivity contribution in [1.82, 2.24) is 4.90 Å². The Labute approximate surface area is 86.1 Å². The van der Waals surface area contributed by atoms with Gasteiger partial charge in [-0.3, -0.25) is 0 Å². The summed E-state index contributed by atoms with van der Waals surface area (Å²) < 4.78 is 0. The van der Waals surface area contributed by atoms with E-state index in [1.54, 1.807) is 5.56 Å². The van der Waals surface area contributed by atoms with Crippen LogP contribution < -0.4 is 0 Å². The van der Waals surface area contributed by atoms with Gasteiger partial charge >= 0.3 is 0 Å². The van der Waals surface area contributed by atoms with Gasteiger partial charge in [0.05, 0.1) is 0 Å². The molecule has 0 unspecified atom stereocenters. The molecule has 0 saturated carbocycles. The van der Waals surface area contributed by atoms with Gasteiger partial charge in [-0.2, -0.15) is 0 Å². The van der Waals surface area contributed by atoms with E-state index in [9.17, 15) is 0 Å². The zero-order valence-corrected chi connectivity index (χ0v) is 8.79. The highest BCUT2D eigenvalue weighted by Crippen LogP contribution is 2.22. The maximum atomic E-state index is 3.81. The number of allylic oxidation sites excluding steroid dienone is 1. The smallest absolute Gasteiger partial charge is 0.0233 e. The van der Waals surface area contributed by atoms with Gasteiger partial charge in [0.25, 0.3) is 0 Å². The number of rotatable bonds is 2. The normalized spacial score (nSPS) is 16.4. The van der Waals surface area contributed by atoms with E-state index < -0.39 is 0 Å². The number of nitrogens with zero attached hydrogens (tertiary/aromatic N) is 1. The fraction of sp³-hybridized carbons (Fsp3) is 0.385. The molecule has 2 rings (SSSR count). The van der Waals surface area contributed by atoms with Gasteiger partial charge in [0, 0.05) is 13.1 Å². The molecule has 1 heteroatoms. The van der Waals surface area contributed by atoms with Crippen molar-refractivity contribution in [3.63, 3.8) is 0 Å². The third-order valence-electron chi connectivity index (χ3n) is 2.92. The lowest BCUT2D eigenvalue weighted by Gasteiger charge is -2.26. The van der Waals surface area contributed by atoms with Crippen molar-refractivity contribution >= 4 is 0 Å². The maximum Gasteiger partial charge on any atom is 0.0233 e. The van der Waals surface area contributed by atoms with E-state index >= 15 is 0 Å². The topological polar surface area (TPSA) is 3.24 Å². The quantitative estimate of drug-likeness (QED) is 0.643. The van der Waals surface area contributed by atoms with Gasteiger partial charge in [0.1, 0.15) is 0 Å². The molecule has 1 aliphatic heterocycles. The predicted molar refractivity (Wildman–Crippen MR) is 60.4 cm³/mol. The maximum absolute atomic E-state index is 3.81. The number of hydrogen-bond acceptors (Lipinski definition) is 1. The molecule has 0 amide bonds. The summed E-state index contributed by atoms with van der Waals surface area (Å²) >= 11 is 0. The molecule has 0 saturated heterocycles. The standard InChI is InChI=1S/C13H17N/c1-3-5-11-6-4-7-12-10-14(2)9-8-13(11)12/h3-4,6-7H,1,5,8-10H2,2H3. The van der Waals surface area contributed by atoms with Crippen molar-refractivity contribution in [1.29, 1.82) is 0 Å². The minimum Gasteiger partial charge on any atom is -0.302 e. The van der Waals surface area contributed by atoms with Crippen LogP contribution in [-0.2, 0) is 19.4 Å². The third-order valence-corrected chi connectivity index (χ3v) is 2.92. The first-order chi connectivity index (χ1) is 6.81. The van der Waals surface area contributed by atoms with E-state index in [-0.39, 0.29) is 0 Å². The van der Waals surface area contributed by atoms with Gasteiger partial charge in [-0.25, -0.2) is 0 Å². The van der Waals surface area contributed by atoms with Crippen LogP contribution in [0.5, 0.6) is 0 Å². The molecule has 1 aliphatic rings. The Morgan fingerprint density at radius 1 is 1.50 bits per heavy atom. The molecular weight excluding hydrogens is 170 g/mol. The van der Waals surface area contributed by atoms with Crippen molar-refractivity contribution in [2.45, 2.75) is 19.4 Å². The molecule has 0 aromatic heterocycles. The molecule has 0 fully saturated rings. The lowest BCUT2D eigenvalue weighted by Crippen LogP contribution is -2.27. The first-order valence-electron chi connectivity index (χ1n) is 5.20. The average Bonchev–Trinajstić information content (AvgIpc) is 2.18. The van der Waals surface area contributed by atoms with E-state index in [1.807, 2.05) is 6.08 Å². The van der Waals surface area contributed by atoms with Crippen LogP contribution in [0.4, 0.5) is 0 Å². The monoisotopic (exact) mass is 187 g/mol. The second kappa shape index (κ2) is 3.97. The summed E-state index contributed by atoms with van der Waals surface area (Å²) in [6, 6.07) is 6.64. The Morgan fingerprint density at radius 3 is 3.14 bits per heavy atom. The molecule has 0 aliphatic carbocycles. The van der Waals surface area contributed by atoms with E-state index in [0.29, 0.717) is 0 Å². The molecule has 1 aromatic rings. The van der Waals surface area contributed by atoms with Gasteiger partial charge in [0.15, 0.2) is 0 Å². The Hall–Kier alpha value is -1.08. The Balaban J connectivity index is 2.36. The van der Waals surface area contributed by atoms with Gasteiger partial charge in [-0.15, -0.1) is 6.58 Å². The molecule has 74 valence electrons. The Morgan fingerprint density at radius 2 is 2.36 bits per heavy atom. The van der Waals surface area contributed by atoms with Gasteiger partial charge in [0.2, 0.25) is 0 Å². The minimum atomic E-state index is 1.01. The van der Waals surface area contributed by atoms with Crippen LogP contribution in [0.3, 0.4) is 0 Å². The molecule has 1 aromatic carbocycles. The van der Waals surface area contributed by atoms with Crippen molar-refractivity contribution in [3.8, 4) is 0 Å². The molecule has 0 spiro atoms. The fourth-order valence-electron chi connectivity index (χ4n) is 2.18. The zero-order valence-electron chi connectivity index (χ0n) is 8.79. The van der Waals surface area contributed by atoms with Crippen LogP contribution >= 0.6 is 0 Å². The van der Waals surface area contributed by atoms with E-state index in [2.05, 4.69) is 36.7 Å². The molecule has 0 bridgehead atoms. The second-order valence-electron chi connectivity index (χ2n) is 4.04. The van der Waals surface area contributed by atoms with Crippen molar-refractivity contribution < 1.29 is 0 Å². The van der Waals surface area contributed by atoms with Crippen molar-refractivity contribution in [2.24, 2.45) is 0 Å². The number of fused-ring (bicyclic) bond motifs is 1. The Kier molecular flexibility index (Phi) is 2.69. The first kappa shape index (κ1) is 9.47. The summed E-state index contributed by atoms with van der Waals surface area (Å²) in [6.45, 7) is 6.09. The lowest BCUT2D eigenvalue weighted by molar-refractivity contribution is 0.312. The largest absolute Gasteiger partial charge is 0.302 e. The summed E-state index contributed by atoms with van der Waals surface area (Å²) in [5.74, 6) is 0. The molecule has 0 atom stereocenters. The van der Waals surface area contributed by atoms with Crippen molar-refractivity contribution in [2.75, 3.05) is 13.6 Å². The van der Waals surface area contributed by atoms with Crippen LogP contribution in [0, 0.1) is 0 Å². The van der Waals surface area contributed by atoms with Crippen molar-refractivity contribution in [3.05, 3.63) is 47.5 Å². The molecule has 1 nitrogen and oxygen atoms in total. The van der Waals surface area contributed by atoms with Gasteiger partial charge in [-0.1, -0.05) is 24.3 Å². The molecular formula is C13H17N. The van der Waals surface area contributed by atoms with E-state index in [1.165, 1.54) is 24.1 Å². The minimum absolute atomic E-state index is 1.01. The predicted octanol–water partition coefficient (Wildman–Crippen LogP) is 2.40. The summed E-state index contributed by atoms with van der Waals surface area (Å²) in [6.07, 6.45) is 4.19. The zero-order chi connectivity index (χ0) is 9.97. The lowest BCUT2D eigenvalue weighted by atomic mass is 9.93. The third kappa shape index (κ3) is 1.73. The van der Waals surface area contributed by atoms with Crippen LogP contribution in [0.25, 0.3) is 0 Å². The molecule has 1 heterocycles. The Bertz CT molecular complexity index is 341. The number of likely N-dealkylation sites (N-methyl/N-ethyl adjacent to an activating group) is 1. The first-order valence-corrected chi connectivity index (χ1v) is 5.20. The number of hydrogen-bond donors (Lipinski definition) is 0. The van der Waals surface area contributed by atoms with E-state index in [0.717, 1.165) is 13.0 Å². The summed E-state index contributed by atoms with van der Waals surface area (Å²) in [4.78, 5) is 2.38.